The second-order valence-corrected chi connectivity index (χ2v) is 6.19. The third-order valence-electron chi connectivity index (χ3n) is 4.13. The molecule has 0 aromatic carbocycles. The van der Waals surface area contributed by atoms with Crippen molar-refractivity contribution in [1.29, 1.82) is 0 Å². The molecule has 0 bridgehead atoms. The minimum Gasteiger partial charge on any atom is -0.366 e. The molecule has 2 aliphatic heterocycles. The minimum absolute atomic E-state index is 0.523. The number of halogens is 1. The number of hydrogen-bond acceptors (Lipinski definition) is 5. The molecule has 104 valence electrons. The normalized spacial score (nSPS) is 27.1. The topological polar surface area (TPSA) is 53.1 Å². The standard InChI is InChI=1S/C13H20BrN5/c1-15-13-16-8-11(14)12(18-13)17-9-4-6-19-5-2-3-10(19)7-9/h8-10H,2-7H2,1H3,(H2,15,16,17,18). The van der Waals surface area contributed by atoms with Gasteiger partial charge in [0, 0.05) is 31.9 Å². The van der Waals surface area contributed by atoms with Crippen LogP contribution in [0.5, 0.6) is 0 Å². The first-order valence-corrected chi connectivity index (χ1v) is 7.76. The molecule has 1 aromatic rings. The Hall–Kier alpha value is -0.880. The molecule has 1 aromatic heterocycles. The van der Waals surface area contributed by atoms with Gasteiger partial charge in [-0.3, -0.25) is 0 Å². The van der Waals surface area contributed by atoms with Gasteiger partial charge in [0.1, 0.15) is 5.82 Å². The predicted molar refractivity (Wildman–Crippen MR) is 80.5 cm³/mol. The summed E-state index contributed by atoms with van der Waals surface area (Å²) in [6.07, 6.45) is 6.93. The number of aromatic nitrogens is 2. The Morgan fingerprint density at radius 3 is 3.11 bits per heavy atom. The van der Waals surface area contributed by atoms with Crippen molar-refractivity contribution in [1.82, 2.24) is 14.9 Å². The van der Waals surface area contributed by atoms with Crippen LogP contribution in [0.4, 0.5) is 11.8 Å². The number of nitrogens with one attached hydrogen (secondary N) is 2. The van der Waals surface area contributed by atoms with Crippen LogP contribution in [-0.4, -0.2) is 47.1 Å². The average Bonchev–Trinajstić information content (AvgIpc) is 2.89. The number of piperidine rings is 1. The third kappa shape index (κ3) is 2.84. The van der Waals surface area contributed by atoms with Crippen molar-refractivity contribution in [2.24, 2.45) is 0 Å². The van der Waals surface area contributed by atoms with Crippen LogP contribution < -0.4 is 10.6 Å². The highest BCUT2D eigenvalue weighted by molar-refractivity contribution is 9.10. The van der Waals surface area contributed by atoms with Crippen molar-refractivity contribution in [3.63, 3.8) is 0 Å². The highest BCUT2D eigenvalue weighted by Crippen LogP contribution is 2.29. The molecule has 2 saturated heterocycles. The van der Waals surface area contributed by atoms with E-state index in [-0.39, 0.29) is 0 Å². The van der Waals surface area contributed by atoms with Crippen LogP contribution in [0.2, 0.25) is 0 Å². The van der Waals surface area contributed by atoms with Gasteiger partial charge in [-0.1, -0.05) is 0 Å². The van der Waals surface area contributed by atoms with Crippen LogP contribution in [0.25, 0.3) is 0 Å². The fourth-order valence-electron chi connectivity index (χ4n) is 3.14. The van der Waals surface area contributed by atoms with Gasteiger partial charge in [-0.15, -0.1) is 0 Å². The Morgan fingerprint density at radius 1 is 1.37 bits per heavy atom. The van der Waals surface area contributed by atoms with Crippen LogP contribution in [0, 0.1) is 0 Å². The quantitative estimate of drug-likeness (QED) is 0.893. The Bertz CT molecular complexity index is 453. The Kier molecular flexibility index (Phi) is 3.88. The molecule has 2 atom stereocenters. The van der Waals surface area contributed by atoms with Gasteiger partial charge in [0.15, 0.2) is 0 Å². The van der Waals surface area contributed by atoms with Gasteiger partial charge < -0.3 is 15.5 Å². The van der Waals surface area contributed by atoms with Crippen LogP contribution in [-0.2, 0) is 0 Å². The minimum atomic E-state index is 0.523. The summed E-state index contributed by atoms with van der Waals surface area (Å²) in [7, 11) is 1.84. The van der Waals surface area contributed by atoms with E-state index >= 15 is 0 Å². The van der Waals surface area contributed by atoms with Crippen molar-refractivity contribution in [3.8, 4) is 0 Å². The zero-order chi connectivity index (χ0) is 13.2. The molecule has 0 radical (unpaired) electrons. The predicted octanol–water partition coefficient (Wildman–Crippen LogP) is 2.32. The SMILES string of the molecule is CNc1ncc(Br)c(NC2CCN3CCCC3C2)n1. The molecule has 3 heterocycles. The molecule has 2 fully saturated rings. The maximum absolute atomic E-state index is 4.48. The van der Waals surface area contributed by atoms with E-state index in [0.29, 0.717) is 12.0 Å². The summed E-state index contributed by atoms with van der Waals surface area (Å²) in [5, 5.41) is 6.55. The summed E-state index contributed by atoms with van der Waals surface area (Å²) in [5.74, 6) is 1.56. The van der Waals surface area contributed by atoms with Crippen LogP contribution in [0.3, 0.4) is 0 Å². The first-order chi connectivity index (χ1) is 9.26. The smallest absolute Gasteiger partial charge is 0.224 e. The summed E-state index contributed by atoms with van der Waals surface area (Å²) in [4.78, 5) is 11.3. The van der Waals surface area contributed by atoms with Crippen LogP contribution in [0.1, 0.15) is 25.7 Å². The van der Waals surface area contributed by atoms with Gasteiger partial charge in [0.05, 0.1) is 4.47 Å². The number of hydrogen-bond donors (Lipinski definition) is 2. The average molecular weight is 326 g/mol. The fourth-order valence-corrected chi connectivity index (χ4v) is 3.44. The van der Waals surface area contributed by atoms with E-state index in [1.54, 1.807) is 6.20 Å². The molecule has 3 rings (SSSR count). The van der Waals surface area contributed by atoms with Crippen molar-refractivity contribution in [2.75, 3.05) is 30.8 Å². The first-order valence-electron chi connectivity index (χ1n) is 6.97. The summed E-state index contributed by atoms with van der Waals surface area (Å²) >= 11 is 3.52. The summed E-state index contributed by atoms with van der Waals surface area (Å²) in [6.45, 7) is 2.50. The molecule has 0 aliphatic carbocycles. The lowest BCUT2D eigenvalue weighted by atomic mass is 9.98. The zero-order valence-corrected chi connectivity index (χ0v) is 12.8. The van der Waals surface area contributed by atoms with E-state index in [4.69, 9.17) is 0 Å². The van der Waals surface area contributed by atoms with Gasteiger partial charge in [0.2, 0.25) is 5.95 Å². The van der Waals surface area contributed by atoms with Gasteiger partial charge in [-0.05, 0) is 48.2 Å². The Balaban J connectivity index is 1.68. The van der Waals surface area contributed by atoms with Crippen LogP contribution in [0.15, 0.2) is 10.7 Å². The lowest BCUT2D eigenvalue weighted by Gasteiger charge is -2.35. The van der Waals surface area contributed by atoms with Crippen molar-refractivity contribution >= 4 is 27.7 Å². The molecule has 5 nitrogen and oxygen atoms in total. The van der Waals surface area contributed by atoms with Crippen molar-refractivity contribution in [3.05, 3.63) is 10.7 Å². The van der Waals surface area contributed by atoms with Gasteiger partial charge in [0.25, 0.3) is 0 Å². The highest BCUT2D eigenvalue weighted by atomic mass is 79.9. The Labute approximate surface area is 122 Å². The molecule has 2 N–H and O–H groups in total. The number of nitrogens with zero attached hydrogens (tertiary/aromatic N) is 3. The van der Waals surface area contributed by atoms with E-state index < -0.39 is 0 Å². The largest absolute Gasteiger partial charge is 0.366 e. The maximum atomic E-state index is 4.48. The van der Waals surface area contributed by atoms with E-state index in [0.717, 1.165) is 16.3 Å². The molecule has 2 unspecified atom stereocenters. The van der Waals surface area contributed by atoms with E-state index in [9.17, 15) is 0 Å². The van der Waals surface area contributed by atoms with Crippen molar-refractivity contribution < 1.29 is 0 Å². The molecule has 6 heteroatoms. The van der Waals surface area contributed by atoms with Gasteiger partial charge in [-0.2, -0.15) is 4.98 Å². The van der Waals surface area contributed by atoms with Crippen molar-refractivity contribution in [2.45, 2.75) is 37.8 Å². The molecule has 0 spiro atoms. The second kappa shape index (κ2) is 5.63. The monoisotopic (exact) mass is 325 g/mol. The van der Waals surface area contributed by atoms with Gasteiger partial charge >= 0.3 is 0 Å². The third-order valence-corrected chi connectivity index (χ3v) is 4.71. The zero-order valence-electron chi connectivity index (χ0n) is 11.2. The highest BCUT2D eigenvalue weighted by Gasteiger charge is 2.31. The number of anilines is 2. The number of fused-ring (bicyclic) bond motifs is 1. The fraction of sp³-hybridized carbons (Fsp3) is 0.692. The molecular weight excluding hydrogens is 306 g/mol. The molecular formula is C13H20BrN5. The molecule has 2 aliphatic rings. The molecule has 0 saturated carbocycles. The summed E-state index contributed by atoms with van der Waals surface area (Å²) in [6, 6.07) is 1.30. The Morgan fingerprint density at radius 2 is 2.26 bits per heavy atom. The van der Waals surface area contributed by atoms with E-state index in [2.05, 4.69) is 41.4 Å². The summed E-state index contributed by atoms with van der Waals surface area (Å²) < 4.78 is 0.931. The maximum Gasteiger partial charge on any atom is 0.224 e. The molecule has 0 amide bonds. The van der Waals surface area contributed by atoms with Crippen LogP contribution >= 0.6 is 15.9 Å². The van der Waals surface area contributed by atoms with E-state index in [1.165, 1.54) is 38.8 Å². The number of rotatable bonds is 3. The molecule has 19 heavy (non-hydrogen) atoms. The lowest BCUT2D eigenvalue weighted by Crippen LogP contribution is -2.42. The first kappa shape index (κ1) is 13.1. The second-order valence-electron chi connectivity index (χ2n) is 5.34. The lowest BCUT2D eigenvalue weighted by molar-refractivity contribution is 0.188. The summed E-state index contributed by atoms with van der Waals surface area (Å²) in [5.41, 5.74) is 0. The van der Waals surface area contributed by atoms with Gasteiger partial charge in [-0.25, -0.2) is 4.98 Å². The van der Waals surface area contributed by atoms with E-state index in [1.807, 2.05) is 7.05 Å².